The SMILES string of the molecule is C/C1=C/C[C@@H](c2ccc3oc(CN)nc3c2)OC(=O)CC(O)C(C)(C)C(=O)C(C)[C@@H](O)C(C)CCC1. The minimum Gasteiger partial charge on any atom is -0.457 e. The molecule has 0 bridgehead atoms. The summed E-state index contributed by atoms with van der Waals surface area (Å²) in [4.78, 5) is 30.5. The first-order valence-electron chi connectivity index (χ1n) is 12.8. The molecular formula is C28H40N2O6. The summed E-state index contributed by atoms with van der Waals surface area (Å²) in [7, 11) is 0. The Labute approximate surface area is 212 Å². The zero-order chi connectivity index (χ0) is 26.6. The highest BCUT2D eigenvalue weighted by atomic mass is 16.5. The Kier molecular flexibility index (Phi) is 9.08. The van der Waals surface area contributed by atoms with Crippen LogP contribution >= 0.6 is 0 Å². The average Bonchev–Trinajstić information content (AvgIpc) is 3.26. The highest BCUT2D eigenvalue weighted by Gasteiger charge is 2.42. The number of nitrogens with zero attached hydrogens (tertiary/aromatic N) is 1. The smallest absolute Gasteiger partial charge is 0.309 e. The van der Waals surface area contributed by atoms with Crippen LogP contribution in [0.2, 0.25) is 0 Å². The molecule has 0 aliphatic carbocycles. The van der Waals surface area contributed by atoms with E-state index in [4.69, 9.17) is 14.9 Å². The van der Waals surface area contributed by atoms with E-state index in [0.29, 0.717) is 23.4 Å². The number of hydrogen-bond acceptors (Lipinski definition) is 8. The van der Waals surface area contributed by atoms with Crippen LogP contribution in [-0.4, -0.2) is 39.2 Å². The summed E-state index contributed by atoms with van der Waals surface area (Å²) < 4.78 is 11.4. The Bertz CT molecular complexity index is 1100. The van der Waals surface area contributed by atoms with Gasteiger partial charge in [0.25, 0.3) is 0 Å². The number of allylic oxidation sites excluding steroid dienone is 1. The molecule has 0 radical (unpaired) electrons. The third kappa shape index (κ3) is 6.41. The van der Waals surface area contributed by atoms with Crippen molar-refractivity contribution in [3.05, 3.63) is 41.3 Å². The number of esters is 1. The van der Waals surface area contributed by atoms with Crippen LogP contribution in [0.1, 0.15) is 84.3 Å². The highest BCUT2D eigenvalue weighted by Crippen LogP contribution is 2.33. The first-order valence-corrected chi connectivity index (χ1v) is 12.8. The van der Waals surface area contributed by atoms with Crippen molar-refractivity contribution in [2.24, 2.45) is 23.0 Å². The number of aromatic nitrogens is 1. The largest absolute Gasteiger partial charge is 0.457 e. The zero-order valence-corrected chi connectivity index (χ0v) is 22.0. The maximum atomic E-state index is 13.2. The predicted octanol–water partition coefficient (Wildman–Crippen LogP) is 4.37. The van der Waals surface area contributed by atoms with E-state index in [1.807, 2.05) is 26.0 Å². The number of fused-ring (bicyclic) bond motifs is 1. The number of hydrogen-bond donors (Lipinski definition) is 3. The molecule has 0 amide bonds. The van der Waals surface area contributed by atoms with Crippen LogP contribution in [0.15, 0.2) is 34.3 Å². The molecule has 3 unspecified atom stereocenters. The van der Waals surface area contributed by atoms with Gasteiger partial charge in [-0.1, -0.05) is 45.4 Å². The summed E-state index contributed by atoms with van der Waals surface area (Å²) in [6, 6.07) is 5.44. The van der Waals surface area contributed by atoms with Crippen LogP contribution in [0, 0.1) is 17.3 Å². The Morgan fingerprint density at radius 3 is 2.61 bits per heavy atom. The number of aliphatic hydroxyl groups is 2. The number of cyclic esters (lactones) is 1. The van der Waals surface area contributed by atoms with Crippen molar-refractivity contribution >= 4 is 22.9 Å². The molecule has 2 heterocycles. The van der Waals surface area contributed by atoms with Gasteiger partial charge in [-0.15, -0.1) is 0 Å². The van der Waals surface area contributed by atoms with E-state index in [1.165, 1.54) is 0 Å². The second-order valence-electron chi connectivity index (χ2n) is 10.8. The molecule has 0 spiro atoms. The van der Waals surface area contributed by atoms with E-state index in [0.717, 1.165) is 30.4 Å². The molecule has 36 heavy (non-hydrogen) atoms. The number of nitrogens with two attached hydrogens (primary N) is 1. The number of carbonyl (C=O) groups excluding carboxylic acids is 2. The van der Waals surface area contributed by atoms with E-state index in [2.05, 4.69) is 11.1 Å². The molecule has 1 aliphatic heterocycles. The second-order valence-corrected chi connectivity index (χ2v) is 10.8. The van der Waals surface area contributed by atoms with Gasteiger partial charge in [0, 0.05) is 12.3 Å². The van der Waals surface area contributed by atoms with Gasteiger partial charge in [-0.25, -0.2) is 4.98 Å². The third-order valence-corrected chi connectivity index (χ3v) is 7.52. The molecule has 198 valence electrons. The van der Waals surface area contributed by atoms with Gasteiger partial charge in [-0.3, -0.25) is 9.59 Å². The summed E-state index contributed by atoms with van der Waals surface area (Å²) in [5, 5.41) is 21.7. The predicted molar refractivity (Wildman–Crippen MR) is 137 cm³/mol. The maximum absolute atomic E-state index is 13.2. The summed E-state index contributed by atoms with van der Waals surface area (Å²) in [5.74, 6) is -1.17. The Morgan fingerprint density at radius 1 is 1.19 bits per heavy atom. The lowest BCUT2D eigenvalue weighted by atomic mass is 9.73. The van der Waals surface area contributed by atoms with Crippen molar-refractivity contribution in [1.82, 2.24) is 4.98 Å². The van der Waals surface area contributed by atoms with Crippen molar-refractivity contribution in [2.75, 3.05) is 0 Å². The number of ketones is 1. The fraction of sp³-hybridized carbons (Fsp3) is 0.607. The average molecular weight is 501 g/mol. The van der Waals surface area contributed by atoms with Crippen LogP contribution in [0.5, 0.6) is 0 Å². The molecule has 1 aromatic heterocycles. The van der Waals surface area contributed by atoms with Gasteiger partial charge < -0.3 is 25.1 Å². The molecule has 8 nitrogen and oxygen atoms in total. The Morgan fingerprint density at radius 2 is 1.92 bits per heavy atom. The number of ether oxygens (including phenoxy) is 1. The molecule has 0 saturated carbocycles. The van der Waals surface area contributed by atoms with Gasteiger partial charge in [0.2, 0.25) is 5.89 Å². The Hall–Kier alpha value is -2.55. The van der Waals surface area contributed by atoms with Crippen molar-refractivity contribution in [2.45, 2.75) is 91.6 Å². The highest BCUT2D eigenvalue weighted by molar-refractivity contribution is 5.88. The molecule has 5 atom stereocenters. The number of oxazole rings is 1. The molecule has 1 aliphatic rings. The fourth-order valence-corrected chi connectivity index (χ4v) is 4.83. The van der Waals surface area contributed by atoms with Crippen molar-refractivity contribution in [3.8, 4) is 0 Å². The van der Waals surface area contributed by atoms with Crippen molar-refractivity contribution in [3.63, 3.8) is 0 Å². The van der Waals surface area contributed by atoms with E-state index in [9.17, 15) is 19.8 Å². The van der Waals surface area contributed by atoms with Gasteiger partial charge in [0.1, 0.15) is 17.4 Å². The molecule has 8 heteroatoms. The standard InChI is InChI=1S/C28H40N2O6/c1-16-7-6-8-17(2)26(33)18(3)27(34)28(4,5)23(31)14-25(32)36-21(11-9-16)19-10-12-22-20(13-19)30-24(15-29)35-22/h9-10,12-13,17-18,21,23,26,31,33H,6-8,11,14-15,29H2,1-5H3/b16-9-/t17?,18?,21-,23?,26-/m0/s1. The van der Waals surface area contributed by atoms with E-state index < -0.39 is 35.6 Å². The minimum absolute atomic E-state index is 0.0667. The Balaban J connectivity index is 1.91. The summed E-state index contributed by atoms with van der Waals surface area (Å²) in [6.07, 6.45) is 2.01. The molecule has 1 aromatic carbocycles. The van der Waals surface area contributed by atoms with Crippen molar-refractivity contribution < 1.29 is 29.0 Å². The lowest BCUT2D eigenvalue weighted by Gasteiger charge is -2.34. The van der Waals surface area contributed by atoms with Crippen LogP contribution in [0.3, 0.4) is 0 Å². The second kappa shape index (κ2) is 11.7. The first-order chi connectivity index (χ1) is 16.9. The topological polar surface area (TPSA) is 136 Å². The monoisotopic (exact) mass is 500 g/mol. The quantitative estimate of drug-likeness (QED) is 0.408. The minimum atomic E-state index is -1.25. The van der Waals surface area contributed by atoms with Crippen LogP contribution < -0.4 is 5.73 Å². The lowest BCUT2D eigenvalue weighted by molar-refractivity contribution is -0.155. The summed E-state index contributed by atoms with van der Waals surface area (Å²) in [6.45, 7) is 9.09. The van der Waals surface area contributed by atoms with Crippen LogP contribution in [0.4, 0.5) is 0 Å². The summed E-state index contributed by atoms with van der Waals surface area (Å²) >= 11 is 0. The van der Waals surface area contributed by atoms with Crippen LogP contribution in [-0.2, 0) is 20.9 Å². The normalized spacial score (nSPS) is 30.6. The van der Waals surface area contributed by atoms with Gasteiger partial charge in [-0.2, -0.15) is 0 Å². The molecule has 2 aromatic rings. The molecule has 3 rings (SSSR count). The van der Waals surface area contributed by atoms with Gasteiger partial charge in [0.05, 0.1) is 30.6 Å². The third-order valence-electron chi connectivity index (χ3n) is 7.52. The molecular weight excluding hydrogens is 460 g/mol. The number of Topliss-reactive ketones (excluding diaryl/α,β-unsaturated/α-hetero) is 1. The van der Waals surface area contributed by atoms with E-state index >= 15 is 0 Å². The molecule has 0 fully saturated rings. The zero-order valence-electron chi connectivity index (χ0n) is 22.0. The first kappa shape index (κ1) is 28.0. The fourth-order valence-electron chi connectivity index (χ4n) is 4.83. The van der Waals surface area contributed by atoms with E-state index in [-0.39, 0.29) is 24.7 Å². The lowest BCUT2D eigenvalue weighted by Crippen LogP contribution is -2.45. The van der Waals surface area contributed by atoms with Gasteiger partial charge >= 0.3 is 5.97 Å². The number of carbonyl (C=O) groups is 2. The van der Waals surface area contributed by atoms with Gasteiger partial charge in [-0.05, 0) is 49.8 Å². The summed E-state index contributed by atoms with van der Waals surface area (Å²) in [5.41, 5.74) is 7.57. The van der Waals surface area contributed by atoms with Crippen LogP contribution in [0.25, 0.3) is 11.1 Å². The molecule has 0 saturated heterocycles. The number of rotatable bonds is 2. The number of benzene rings is 1. The number of aliphatic hydroxyl groups excluding tert-OH is 2. The van der Waals surface area contributed by atoms with E-state index in [1.54, 1.807) is 26.8 Å². The molecule has 4 N–H and O–H groups in total. The maximum Gasteiger partial charge on any atom is 0.309 e. The van der Waals surface area contributed by atoms with Crippen molar-refractivity contribution in [1.29, 1.82) is 0 Å². The van der Waals surface area contributed by atoms with Gasteiger partial charge in [0.15, 0.2) is 5.58 Å².